The Hall–Kier alpha value is -2.88. The summed E-state index contributed by atoms with van der Waals surface area (Å²) in [7, 11) is 0. The number of pyridine rings is 1. The van der Waals surface area contributed by atoms with Crippen molar-refractivity contribution in [3.05, 3.63) is 93.5 Å². The van der Waals surface area contributed by atoms with Gasteiger partial charge in [-0.15, -0.1) is 0 Å². The van der Waals surface area contributed by atoms with E-state index in [-0.39, 0.29) is 5.91 Å². The molecule has 3 nitrogen and oxygen atoms in total. The number of aryl methyl sites for hydroxylation is 2. The Kier molecular flexibility index (Phi) is 5.27. The van der Waals surface area contributed by atoms with Crippen LogP contribution in [0.4, 0.5) is 5.69 Å². The van der Waals surface area contributed by atoms with E-state index in [1.807, 2.05) is 36.4 Å². The Morgan fingerprint density at radius 2 is 1.66 bits per heavy atom. The minimum absolute atomic E-state index is 0.230. The van der Waals surface area contributed by atoms with Gasteiger partial charge in [-0.25, -0.2) is 4.98 Å². The van der Waals surface area contributed by atoms with Gasteiger partial charge in [-0.3, -0.25) is 4.79 Å². The van der Waals surface area contributed by atoms with Crippen LogP contribution in [0.3, 0.4) is 0 Å². The predicted molar refractivity (Wildman–Crippen MR) is 121 cm³/mol. The van der Waals surface area contributed by atoms with Crippen molar-refractivity contribution in [3.63, 3.8) is 0 Å². The number of hydrogen-bond acceptors (Lipinski definition) is 2. The van der Waals surface area contributed by atoms with Crippen molar-refractivity contribution in [2.75, 3.05) is 5.32 Å². The second-order valence-corrected chi connectivity index (χ2v) is 7.77. The lowest BCUT2D eigenvalue weighted by atomic mass is 10.0. The van der Waals surface area contributed by atoms with Crippen molar-refractivity contribution >= 4 is 45.7 Å². The second-order valence-electron chi connectivity index (χ2n) is 6.95. The highest BCUT2D eigenvalue weighted by Gasteiger charge is 2.15. The molecule has 0 aliphatic heterocycles. The molecule has 0 fully saturated rings. The zero-order valence-corrected chi connectivity index (χ0v) is 17.5. The summed E-state index contributed by atoms with van der Waals surface area (Å²) in [6.07, 6.45) is 0. The lowest BCUT2D eigenvalue weighted by molar-refractivity contribution is 0.102. The summed E-state index contributed by atoms with van der Waals surface area (Å²) >= 11 is 12.0. The number of benzene rings is 3. The Bertz CT molecular complexity index is 1250. The van der Waals surface area contributed by atoms with E-state index in [0.29, 0.717) is 21.3 Å². The third-order valence-corrected chi connectivity index (χ3v) is 5.68. The van der Waals surface area contributed by atoms with E-state index in [9.17, 15) is 4.79 Å². The van der Waals surface area contributed by atoms with Gasteiger partial charge < -0.3 is 5.32 Å². The van der Waals surface area contributed by atoms with Gasteiger partial charge in [-0.1, -0.05) is 53.5 Å². The lowest BCUT2D eigenvalue weighted by Crippen LogP contribution is -2.13. The highest BCUT2D eigenvalue weighted by Crippen LogP contribution is 2.28. The molecule has 0 spiro atoms. The van der Waals surface area contributed by atoms with Gasteiger partial charge in [-0.05, 0) is 61.4 Å². The number of carbonyl (C=O) groups excluding carboxylic acids is 1. The lowest BCUT2D eigenvalue weighted by Gasteiger charge is -2.12. The summed E-state index contributed by atoms with van der Waals surface area (Å²) in [4.78, 5) is 17.9. The standard InChI is InChI=1S/C24H18Cl2N2O/c1-14-7-8-16(11-15(14)2)23-13-19(18-5-3-4-6-22(18)28-23)24(29)27-17-9-10-20(25)21(26)12-17/h3-13H,1-2H3,(H,27,29). The molecule has 0 unspecified atom stereocenters. The van der Waals surface area contributed by atoms with Crippen LogP contribution >= 0.6 is 23.2 Å². The average Bonchev–Trinajstić information content (AvgIpc) is 2.72. The number of anilines is 1. The van der Waals surface area contributed by atoms with Crippen LogP contribution in [0.25, 0.3) is 22.2 Å². The van der Waals surface area contributed by atoms with Crippen molar-refractivity contribution in [2.45, 2.75) is 13.8 Å². The maximum Gasteiger partial charge on any atom is 0.256 e. The van der Waals surface area contributed by atoms with E-state index in [2.05, 4.69) is 31.3 Å². The maximum atomic E-state index is 13.1. The first-order valence-corrected chi connectivity index (χ1v) is 9.92. The zero-order chi connectivity index (χ0) is 20.5. The van der Waals surface area contributed by atoms with Crippen molar-refractivity contribution in [1.29, 1.82) is 0 Å². The van der Waals surface area contributed by atoms with E-state index < -0.39 is 0 Å². The number of hydrogen-bond donors (Lipinski definition) is 1. The van der Waals surface area contributed by atoms with Crippen LogP contribution in [0, 0.1) is 13.8 Å². The van der Waals surface area contributed by atoms with E-state index >= 15 is 0 Å². The van der Waals surface area contributed by atoms with Crippen LogP contribution in [0.15, 0.2) is 66.7 Å². The summed E-state index contributed by atoms with van der Waals surface area (Å²) in [6.45, 7) is 4.14. The van der Waals surface area contributed by atoms with E-state index in [0.717, 1.165) is 22.2 Å². The SMILES string of the molecule is Cc1ccc(-c2cc(C(=O)Nc3ccc(Cl)c(Cl)c3)c3ccccc3n2)cc1C. The van der Waals surface area contributed by atoms with Crippen LogP contribution < -0.4 is 5.32 Å². The van der Waals surface area contributed by atoms with Gasteiger partial charge in [0.1, 0.15) is 0 Å². The number of nitrogens with one attached hydrogen (secondary N) is 1. The third kappa shape index (κ3) is 3.98. The maximum absolute atomic E-state index is 13.1. The first-order valence-electron chi connectivity index (χ1n) is 9.16. The molecule has 0 atom stereocenters. The number of nitrogens with zero attached hydrogens (tertiary/aromatic N) is 1. The summed E-state index contributed by atoms with van der Waals surface area (Å²) < 4.78 is 0. The van der Waals surface area contributed by atoms with E-state index in [4.69, 9.17) is 28.2 Å². The molecule has 0 saturated carbocycles. The van der Waals surface area contributed by atoms with Gasteiger partial charge >= 0.3 is 0 Å². The number of rotatable bonds is 3. The fourth-order valence-electron chi connectivity index (χ4n) is 3.18. The minimum atomic E-state index is -0.230. The van der Waals surface area contributed by atoms with Crippen LogP contribution in [-0.4, -0.2) is 10.9 Å². The van der Waals surface area contributed by atoms with Crippen molar-refractivity contribution in [2.24, 2.45) is 0 Å². The average molecular weight is 421 g/mol. The van der Waals surface area contributed by atoms with Gasteiger partial charge in [-0.2, -0.15) is 0 Å². The molecule has 0 aliphatic carbocycles. The minimum Gasteiger partial charge on any atom is -0.322 e. The zero-order valence-electron chi connectivity index (χ0n) is 16.0. The molecular weight excluding hydrogens is 403 g/mol. The highest BCUT2D eigenvalue weighted by atomic mass is 35.5. The highest BCUT2D eigenvalue weighted by molar-refractivity contribution is 6.42. The topological polar surface area (TPSA) is 42.0 Å². The molecule has 4 rings (SSSR count). The van der Waals surface area contributed by atoms with Gasteiger partial charge in [0.15, 0.2) is 0 Å². The number of para-hydroxylation sites is 1. The summed E-state index contributed by atoms with van der Waals surface area (Å²) in [5.74, 6) is -0.230. The van der Waals surface area contributed by atoms with Crippen molar-refractivity contribution in [3.8, 4) is 11.3 Å². The Balaban J connectivity index is 1.80. The molecule has 0 aliphatic rings. The normalized spacial score (nSPS) is 10.9. The molecule has 0 saturated heterocycles. The third-order valence-electron chi connectivity index (χ3n) is 4.94. The fraction of sp³-hybridized carbons (Fsp3) is 0.0833. The molecule has 29 heavy (non-hydrogen) atoms. The van der Waals surface area contributed by atoms with Crippen molar-refractivity contribution in [1.82, 2.24) is 4.98 Å². The summed E-state index contributed by atoms with van der Waals surface area (Å²) in [6, 6.07) is 20.7. The van der Waals surface area contributed by atoms with E-state index in [1.165, 1.54) is 11.1 Å². The smallest absolute Gasteiger partial charge is 0.256 e. The molecule has 3 aromatic carbocycles. The molecule has 0 radical (unpaired) electrons. The first-order chi connectivity index (χ1) is 13.9. The molecule has 0 bridgehead atoms. The molecule has 5 heteroatoms. The molecule has 144 valence electrons. The molecule has 4 aromatic rings. The van der Waals surface area contributed by atoms with Crippen LogP contribution in [0.2, 0.25) is 10.0 Å². The number of amides is 1. The van der Waals surface area contributed by atoms with Gasteiger partial charge in [0.2, 0.25) is 0 Å². The molecule has 1 heterocycles. The number of fused-ring (bicyclic) bond motifs is 1. The number of halogens is 2. The summed E-state index contributed by atoms with van der Waals surface area (Å²) in [5.41, 5.74) is 6.02. The molecular formula is C24H18Cl2N2O. The Labute approximate surface area is 179 Å². The first kappa shape index (κ1) is 19.4. The van der Waals surface area contributed by atoms with Gasteiger partial charge in [0.05, 0.1) is 26.8 Å². The fourth-order valence-corrected chi connectivity index (χ4v) is 3.48. The number of aromatic nitrogens is 1. The predicted octanol–water partition coefficient (Wildman–Crippen LogP) is 7.08. The van der Waals surface area contributed by atoms with Gasteiger partial charge in [0.25, 0.3) is 5.91 Å². The monoisotopic (exact) mass is 420 g/mol. The molecule has 1 amide bonds. The largest absolute Gasteiger partial charge is 0.322 e. The van der Waals surface area contributed by atoms with Crippen molar-refractivity contribution < 1.29 is 4.79 Å². The second kappa shape index (κ2) is 7.86. The number of carbonyl (C=O) groups is 1. The van der Waals surface area contributed by atoms with E-state index in [1.54, 1.807) is 18.2 Å². The van der Waals surface area contributed by atoms with Crippen LogP contribution in [0.1, 0.15) is 21.5 Å². The quantitative estimate of drug-likeness (QED) is 0.384. The van der Waals surface area contributed by atoms with Crippen LogP contribution in [-0.2, 0) is 0 Å². The summed E-state index contributed by atoms with van der Waals surface area (Å²) in [5, 5.41) is 4.53. The van der Waals surface area contributed by atoms with Gasteiger partial charge in [0, 0.05) is 16.6 Å². The molecule has 1 aromatic heterocycles. The van der Waals surface area contributed by atoms with Crippen LogP contribution in [0.5, 0.6) is 0 Å². The Morgan fingerprint density at radius 3 is 2.41 bits per heavy atom. The Morgan fingerprint density at radius 1 is 0.862 bits per heavy atom. The molecule has 1 N–H and O–H groups in total.